The van der Waals surface area contributed by atoms with Gasteiger partial charge in [-0.1, -0.05) is 6.58 Å². The summed E-state index contributed by atoms with van der Waals surface area (Å²) >= 11 is 0. The number of fused-ring (bicyclic) bond motifs is 2. The number of hydrogen-bond acceptors (Lipinski definition) is 6. The van der Waals surface area contributed by atoms with Crippen LogP contribution in [-0.2, 0) is 28.6 Å². The molecule has 0 spiro atoms. The van der Waals surface area contributed by atoms with Gasteiger partial charge in [-0.15, -0.1) is 0 Å². The molecule has 0 aliphatic carbocycles. The third kappa shape index (κ3) is 2.10. The SMILES string of the molecule is C=CC(=O)OC1C2OS(=O)(=O)CC1(C)OC2C. The first-order valence-electron chi connectivity index (χ1n) is 5.19. The van der Waals surface area contributed by atoms with Gasteiger partial charge in [-0.05, 0) is 13.8 Å². The van der Waals surface area contributed by atoms with Crippen molar-refractivity contribution in [2.24, 2.45) is 0 Å². The molecule has 2 rings (SSSR count). The van der Waals surface area contributed by atoms with Gasteiger partial charge < -0.3 is 9.47 Å². The molecule has 6 nitrogen and oxygen atoms in total. The maximum Gasteiger partial charge on any atom is 0.330 e. The van der Waals surface area contributed by atoms with Crippen molar-refractivity contribution in [3.8, 4) is 0 Å². The summed E-state index contributed by atoms with van der Waals surface area (Å²) in [5.41, 5.74) is -1.06. The fourth-order valence-corrected chi connectivity index (χ4v) is 3.91. The van der Waals surface area contributed by atoms with E-state index in [4.69, 9.17) is 13.7 Å². The molecular formula is C10H14O6S. The summed E-state index contributed by atoms with van der Waals surface area (Å²) in [6, 6.07) is 0. The summed E-state index contributed by atoms with van der Waals surface area (Å²) in [4.78, 5) is 11.2. The monoisotopic (exact) mass is 262 g/mol. The number of esters is 1. The van der Waals surface area contributed by atoms with E-state index < -0.39 is 40.0 Å². The van der Waals surface area contributed by atoms with Gasteiger partial charge in [0.25, 0.3) is 10.1 Å². The minimum atomic E-state index is -3.63. The predicted octanol–water partition coefficient (Wildman–Crippen LogP) is -0.00980. The third-order valence-corrected chi connectivity index (χ3v) is 4.39. The van der Waals surface area contributed by atoms with Crippen LogP contribution in [0.5, 0.6) is 0 Å². The van der Waals surface area contributed by atoms with Gasteiger partial charge in [-0.3, -0.25) is 4.18 Å². The van der Waals surface area contributed by atoms with Crippen molar-refractivity contribution in [3.63, 3.8) is 0 Å². The first-order valence-corrected chi connectivity index (χ1v) is 6.77. The molecule has 2 heterocycles. The first-order chi connectivity index (χ1) is 7.77. The van der Waals surface area contributed by atoms with E-state index in [1.54, 1.807) is 13.8 Å². The van der Waals surface area contributed by atoms with E-state index in [1.807, 2.05) is 0 Å². The third-order valence-electron chi connectivity index (χ3n) is 2.95. The zero-order valence-corrected chi connectivity index (χ0v) is 10.4. The molecule has 0 radical (unpaired) electrons. The van der Waals surface area contributed by atoms with Crippen LogP contribution in [0.25, 0.3) is 0 Å². The van der Waals surface area contributed by atoms with Crippen molar-refractivity contribution >= 4 is 16.1 Å². The van der Waals surface area contributed by atoms with Crippen LogP contribution < -0.4 is 0 Å². The van der Waals surface area contributed by atoms with Gasteiger partial charge in [0.05, 0.1) is 6.10 Å². The van der Waals surface area contributed by atoms with Crippen LogP contribution in [0.4, 0.5) is 0 Å². The quantitative estimate of drug-likeness (QED) is 0.395. The average molecular weight is 262 g/mol. The maximum atomic E-state index is 11.5. The van der Waals surface area contributed by atoms with Gasteiger partial charge in [0.2, 0.25) is 0 Å². The minimum absolute atomic E-state index is 0.323. The summed E-state index contributed by atoms with van der Waals surface area (Å²) in [5, 5.41) is 0. The number of rotatable bonds is 2. The van der Waals surface area contributed by atoms with Crippen molar-refractivity contribution < 1.29 is 26.9 Å². The molecule has 4 unspecified atom stereocenters. The molecule has 4 atom stereocenters. The molecule has 2 aliphatic rings. The fraction of sp³-hybridized carbons (Fsp3) is 0.700. The Bertz CT molecular complexity index is 455. The summed E-state index contributed by atoms with van der Waals surface area (Å²) < 4.78 is 38.6. The topological polar surface area (TPSA) is 78.9 Å². The molecule has 2 fully saturated rings. The van der Waals surface area contributed by atoms with Gasteiger partial charge >= 0.3 is 5.97 Å². The Balaban J connectivity index is 2.30. The standard InChI is InChI=1S/C10H14O6S/c1-4-7(11)14-9-8-6(2)15-10(9,3)5-17(12,13)16-8/h4,6,8-9H,1,5H2,2-3H3. The molecular weight excluding hydrogens is 248 g/mol. The lowest BCUT2D eigenvalue weighted by molar-refractivity contribution is -0.155. The lowest BCUT2D eigenvalue weighted by Crippen LogP contribution is -2.54. The molecule has 0 saturated carbocycles. The van der Waals surface area contributed by atoms with Gasteiger partial charge in [0.1, 0.15) is 17.5 Å². The Hall–Kier alpha value is -0.920. The van der Waals surface area contributed by atoms with Gasteiger partial charge in [0, 0.05) is 6.08 Å². The van der Waals surface area contributed by atoms with E-state index in [0.717, 1.165) is 6.08 Å². The highest BCUT2D eigenvalue weighted by Crippen LogP contribution is 2.41. The van der Waals surface area contributed by atoms with E-state index in [2.05, 4.69) is 6.58 Å². The highest BCUT2D eigenvalue weighted by molar-refractivity contribution is 7.86. The van der Waals surface area contributed by atoms with Crippen LogP contribution >= 0.6 is 0 Å². The molecule has 0 aromatic carbocycles. The molecule has 2 saturated heterocycles. The fourth-order valence-electron chi connectivity index (χ4n) is 2.32. The predicted molar refractivity (Wildman–Crippen MR) is 57.7 cm³/mol. The van der Waals surface area contributed by atoms with E-state index in [-0.39, 0.29) is 5.75 Å². The molecule has 2 aliphatic heterocycles. The summed E-state index contributed by atoms with van der Waals surface area (Å²) in [7, 11) is -3.63. The molecule has 0 aromatic heterocycles. The Morgan fingerprint density at radius 3 is 2.76 bits per heavy atom. The molecule has 96 valence electrons. The molecule has 7 heteroatoms. The van der Waals surface area contributed by atoms with Gasteiger partial charge in [-0.25, -0.2) is 4.79 Å². The van der Waals surface area contributed by atoms with Crippen molar-refractivity contribution in [2.45, 2.75) is 37.8 Å². The second-order valence-electron chi connectivity index (χ2n) is 4.46. The first kappa shape index (κ1) is 12.5. The minimum Gasteiger partial charge on any atom is -0.453 e. The Labute approximate surface area is 99.7 Å². The van der Waals surface area contributed by atoms with Crippen LogP contribution in [0.1, 0.15) is 13.8 Å². The van der Waals surface area contributed by atoms with Crippen LogP contribution in [-0.4, -0.2) is 44.1 Å². The van der Waals surface area contributed by atoms with Crippen molar-refractivity contribution in [3.05, 3.63) is 12.7 Å². The zero-order valence-electron chi connectivity index (χ0n) is 9.58. The van der Waals surface area contributed by atoms with Crippen molar-refractivity contribution in [1.82, 2.24) is 0 Å². The van der Waals surface area contributed by atoms with Crippen LogP contribution in [0, 0.1) is 0 Å². The van der Waals surface area contributed by atoms with Crippen molar-refractivity contribution in [1.29, 1.82) is 0 Å². The number of carbonyl (C=O) groups excluding carboxylic acids is 1. The Kier molecular flexibility index (Phi) is 2.80. The summed E-state index contributed by atoms with van der Waals surface area (Å²) in [6.45, 7) is 6.58. The van der Waals surface area contributed by atoms with E-state index in [1.165, 1.54) is 0 Å². The summed E-state index contributed by atoms with van der Waals surface area (Å²) in [6.07, 6.45) is -0.939. The second kappa shape index (κ2) is 3.79. The number of ether oxygens (including phenoxy) is 2. The molecule has 0 amide bonds. The van der Waals surface area contributed by atoms with E-state index in [9.17, 15) is 13.2 Å². The van der Waals surface area contributed by atoms with Crippen LogP contribution in [0.15, 0.2) is 12.7 Å². The smallest absolute Gasteiger partial charge is 0.330 e. The largest absolute Gasteiger partial charge is 0.453 e. The van der Waals surface area contributed by atoms with Crippen molar-refractivity contribution in [2.75, 3.05) is 5.75 Å². The average Bonchev–Trinajstić information content (AvgIpc) is 2.34. The Morgan fingerprint density at radius 2 is 2.24 bits per heavy atom. The van der Waals surface area contributed by atoms with E-state index >= 15 is 0 Å². The van der Waals surface area contributed by atoms with Crippen LogP contribution in [0.3, 0.4) is 0 Å². The van der Waals surface area contributed by atoms with Gasteiger partial charge in [0.15, 0.2) is 6.10 Å². The lowest BCUT2D eigenvalue weighted by atomic mass is 9.98. The number of carbonyl (C=O) groups is 1. The zero-order chi connectivity index (χ0) is 12.8. The molecule has 0 aromatic rings. The second-order valence-corrected chi connectivity index (χ2v) is 6.06. The molecule has 2 bridgehead atoms. The highest BCUT2D eigenvalue weighted by atomic mass is 32.2. The molecule has 17 heavy (non-hydrogen) atoms. The molecule has 0 N–H and O–H groups in total. The maximum absolute atomic E-state index is 11.5. The number of hydrogen-bond donors (Lipinski definition) is 0. The normalized spacial score (nSPS) is 43.1. The van der Waals surface area contributed by atoms with Gasteiger partial charge in [-0.2, -0.15) is 8.42 Å². The van der Waals surface area contributed by atoms with E-state index in [0.29, 0.717) is 0 Å². The lowest BCUT2D eigenvalue weighted by Gasteiger charge is -2.34. The Morgan fingerprint density at radius 1 is 1.59 bits per heavy atom. The summed E-state index contributed by atoms with van der Waals surface area (Å²) in [5.74, 6) is -0.942. The highest BCUT2D eigenvalue weighted by Gasteiger charge is 2.61. The van der Waals surface area contributed by atoms with Crippen LogP contribution in [0.2, 0.25) is 0 Å².